The van der Waals surface area contributed by atoms with Gasteiger partial charge in [-0.15, -0.1) is 11.3 Å². The number of anilines is 1. The van der Waals surface area contributed by atoms with Crippen molar-refractivity contribution < 1.29 is 9.21 Å². The Labute approximate surface area is 132 Å². The van der Waals surface area contributed by atoms with E-state index >= 15 is 0 Å². The quantitative estimate of drug-likeness (QED) is 0.768. The lowest BCUT2D eigenvalue weighted by Crippen LogP contribution is -2.16. The van der Waals surface area contributed by atoms with E-state index in [4.69, 9.17) is 4.42 Å². The fourth-order valence-electron chi connectivity index (χ4n) is 2.31. The van der Waals surface area contributed by atoms with Crippen molar-refractivity contribution in [2.24, 2.45) is 0 Å². The average molecular weight is 312 g/mol. The van der Waals surface area contributed by atoms with Crippen LogP contribution in [-0.2, 0) is 4.79 Å². The van der Waals surface area contributed by atoms with E-state index in [0.717, 1.165) is 11.3 Å². The summed E-state index contributed by atoms with van der Waals surface area (Å²) in [7, 11) is 0. The Balaban J connectivity index is 1.80. The maximum absolute atomic E-state index is 12.3. The van der Waals surface area contributed by atoms with E-state index in [1.54, 1.807) is 12.5 Å². The lowest BCUT2D eigenvalue weighted by atomic mass is 9.92. The maximum Gasteiger partial charge on any atom is 0.227 e. The Bertz CT molecular complexity index is 719. The molecule has 1 aromatic carbocycles. The first-order valence-corrected chi connectivity index (χ1v) is 7.89. The molecular formula is C17H16N2O2S. The Morgan fingerprint density at radius 3 is 2.77 bits per heavy atom. The molecule has 1 amide bonds. The van der Waals surface area contributed by atoms with E-state index in [0.29, 0.717) is 11.6 Å². The number of thiazole rings is 1. The van der Waals surface area contributed by atoms with E-state index in [2.05, 4.69) is 10.3 Å². The number of nitrogens with one attached hydrogen (secondary N) is 1. The van der Waals surface area contributed by atoms with E-state index in [-0.39, 0.29) is 11.8 Å². The van der Waals surface area contributed by atoms with Crippen LogP contribution in [0, 0.1) is 6.92 Å². The van der Waals surface area contributed by atoms with Gasteiger partial charge in [0.2, 0.25) is 5.91 Å². The summed E-state index contributed by atoms with van der Waals surface area (Å²) in [6.45, 7) is 2.04. The van der Waals surface area contributed by atoms with Crippen molar-refractivity contribution in [3.63, 3.8) is 0 Å². The van der Waals surface area contributed by atoms with E-state index in [9.17, 15) is 4.79 Å². The van der Waals surface area contributed by atoms with Gasteiger partial charge in [-0.3, -0.25) is 4.79 Å². The normalized spacial score (nSPS) is 12.0. The van der Waals surface area contributed by atoms with Crippen LogP contribution in [0.4, 0.5) is 5.13 Å². The molecule has 1 unspecified atom stereocenters. The van der Waals surface area contributed by atoms with Crippen molar-refractivity contribution >= 4 is 22.4 Å². The van der Waals surface area contributed by atoms with Crippen molar-refractivity contribution in [2.45, 2.75) is 19.3 Å². The number of benzene rings is 1. The van der Waals surface area contributed by atoms with Gasteiger partial charge in [-0.05, 0) is 24.6 Å². The predicted octanol–water partition coefficient (Wildman–Crippen LogP) is 4.21. The third kappa shape index (κ3) is 3.43. The highest BCUT2D eigenvalue weighted by molar-refractivity contribution is 7.13. The molecule has 5 heteroatoms. The molecule has 0 aliphatic rings. The van der Waals surface area contributed by atoms with E-state index in [1.165, 1.54) is 16.9 Å². The standard InChI is InChI=1S/C17H16N2O2S/c1-12-4-6-13(7-5-12)14(15-3-2-9-21-15)11-16(20)19-17-18-8-10-22-17/h2-10,14H,11H2,1H3,(H,18,19,20). The minimum absolute atomic E-state index is 0.0723. The van der Waals surface area contributed by atoms with Gasteiger partial charge in [0.25, 0.3) is 0 Å². The van der Waals surface area contributed by atoms with Crippen LogP contribution in [0.15, 0.2) is 58.7 Å². The lowest BCUT2D eigenvalue weighted by molar-refractivity contribution is -0.116. The van der Waals surface area contributed by atoms with Crippen LogP contribution in [0.2, 0.25) is 0 Å². The Kier molecular flexibility index (Phi) is 4.34. The molecule has 1 N–H and O–H groups in total. The average Bonchev–Trinajstić information content (AvgIpc) is 3.19. The van der Waals surface area contributed by atoms with Crippen molar-refractivity contribution in [1.29, 1.82) is 0 Å². The molecule has 3 rings (SSSR count). The fourth-order valence-corrected chi connectivity index (χ4v) is 2.86. The highest BCUT2D eigenvalue weighted by atomic mass is 32.1. The van der Waals surface area contributed by atoms with Gasteiger partial charge in [-0.2, -0.15) is 0 Å². The van der Waals surface area contributed by atoms with Crippen LogP contribution in [0.3, 0.4) is 0 Å². The zero-order chi connectivity index (χ0) is 15.4. The number of rotatable bonds is 5. The summed E-state index contributed by atoms with van der Waals surface area (Å²) < 4.78 is 5.52. The van der Waals surface area contributed by atoms with Gasteiger partial charge in [-0.1, -0.05) is 29.8 Å². The minimum atomic E-state index is -0.101. The molecular weight excluding hydrogens is 296 g/mol. The van der Waals surface area contributed by atoms with Crippen LogP contribution in [-0.4, -0.2) is 10.9 Å². The van der Waals surface area contributed by atoms with E-state index in [1.807, 2.05) is 48.7 Å². The molecule has 0 bridgehead atoms. The highest BCUT2D eigenvalue weighted by Gasteiger charge is 2.21. The van der Waals surface area contributed by atoms with Crippen LogP contribution in [0.1, 0.15) is 29.2 Å². The summed E-state index contributed by atoms with van der Waals surface area (Å²) in [5.41, 5.74) is 2.25. The van der Waals surface area contributed by atoms with Crippen molar-refractivity contribution in [2.75, 3.05) is 5.32 Å². The Morgan fingerprint density at radius 1 is 1.32 bits per heavy atom. The molecule has 1 atom stereocenters. The van der Waals surface area contributed by atoms with Crippen LogP contribution in [0.25, 0.3) is 0 Å². The largest absolute Gasteiger partial charge is 0.469 e. The van der Waals surface area contributed by atoms with Crippen LogP contribution < -0.4 is 5.32 Å². The summed E-state index contributed by atoms with van der Waals surface area (Å²) in [5, 5.41) is 5.27. The van der Waals surface area contributed by atoms with Crippen LogP contribution >= 0.6 is 11.3 Å². The Hall–Kier alpha value is -2.40. The summed E-state index contributed by atoms with van der Waals surface area (Å²) in [6.07, 6.45) is 3.62. The molecule has 0 spiro atoms. The molecule has 0 saturated carbocycles. The first kappa shape index (κ1) is 14.5. The number of hydrogen-bond acceptors (Lipinski definition) is 4. The van der Waals surface area contributed by atoms with Gasteiger partial charge in [0.1, 0.15) is 5.76 Å². The molecule has 0 aliphatic carbocycles. The monoisotopic (exact) mass is 312 g/mol. The number of carbonyl (C=O) groups is 1. The predicted molar refractivity (Wildman–Crippen MR) is 87.1 cm³/mol. The first-order chi connectivity index (χ1) is 10.7. The summed E-state index contributed by atoms with van der Waals surface area (Å²) in [5.74, 6) is 0.616. The van der Waals surface area contributed by atoms with Gasteiger partial charge in [0, 0.05) is 18.0 Å². The zero-order valence-electron chi connectivity index (χ0n) is 12.2. The smallest absolute Gasteiger partial charge is 0.227 e. The molecule has 0 aliphatic heterocycles. The molecule has 0 radical (unpaired) electrons. The van der Waals surface area contributed by atoms with Gasteiger partial charge in [-0.25, -0.2) is 4.98 Å². The third-order valence-corrected chi connectivity index (χ3v) is 4.12. The molecule has 2 aromatic heterocycles. The van der Waals surface area contributed by atoms with Gasteiger partial charge in [0.05, 0.1) is 12.2 Å². The second-order valence-corrected chi connectivity index (χ2v) is 5.96. The van der Waals surface area contributed by atoms with Crippen molar-refractivity contribution in [3.8, 4) is 0 Å². The SMILES string of the molecule is Cc1ccc(C(CC(=O)Nc2nccs2)c2ccco2)cc1. The molecule has 4 nitrogen and oxygen atoms in total. The minimum Gasteiger partial charge on any atom is -0.469 e. The van der Waals surface area contributed by atoms with Crippen molar-refractivity contribution in [3.05, 3.63) is 71.1 Å². The second kappa shape index (κ2) is 6.58. The van der Waals surface area contributed by atoms with Crippen LogP contribution in [0.5, 0.6) is 0 Å². The summed E-state index contributed by atoms with van der Waals surface area (Å²) in [6, 6.07) is 11.9. The number of furan rings is 1. The number of nitrogens with zero attached hydrogens (tertiary/aromatic N) is 1. The number of aromatic nitrogens is 1. The van der Waals surface area contributed by atoms with Gasteiger partial charge < -0.3 is 9.73 Å². The highest BCUT2D eigenvalue weighted by Crippen LogP contribution is 2.29. The lowest BCUT2D eigenvalue weighted by Gasteiger charge is -2.15. The topological polar surface area (TPSA) is 55.1 Å². The summed E-state index contributed by atoms with van der Waals surface area (Å²) in [4.78, 5) is 16.3. The molecule has 112 valence electrons. The third-order valence-electron chi connectivity index (χ3n) is 3.43. The fraction of sp³-hybridized carbons (Fsp3) is 0.176. The summed E-state index contributed by atoms with van der Waals surface area (Å²) >= 11 is 1.41. The van der Waals surface area contributed by atoms with Crippen molar-refractivity contribution in [1.82, 2.24) is 4.98 Å². The maximum atomic E-state index is 12.3. The molecule has 0 saturated heterocycles. The van der Waals surface area contributed by atoms with Gasteiger partial charge in [0.15, 0.2) is 5.13 Å². The second-order valence-electron chi connectivity index (χ2n) is 5.07. The number of amides is 1. The molecule has 22 heavy (non-hydrogen) atoms. The number of carbonyl (C=O) groups excluding carboxylic acids is 1. The molecule has 3 aromatic rings. The molecule has 2 heterocycles. The zero-order valence-corrected chi connectivity index (χ0v) is 13.0. The van der Waals surface area contributed by atoms with Gasteiger partial charge >= 0.3 is 0 Å². The first-order valence-electron chi connectivity index (χ1n) is 7.01. The number of aryl methyl sites for hydroxylation is 1. The Morgan fingerprint density at radius 2 is 2.14 bits per heavy atom. The number of hydrogen-bond donors (Lipinski definition) is 1. The van der Waals surface area contributed by atoms with E-state index < -0.39 is 0 Å². The molecule has 0 fully saturated rings.